The monoisotopic (exact) mass is 501 g/mol. The Morgan fingerprint density at radius 2 is 1.80 bits per heavy atom. The number of rotatable bonds is 5. The van der Waals surface area contributed by atoms with E-state index in [-0.39, 0.29) is 29.6 Å². The van der Waals surface area contributed by atoms with Gasteiger partial charge >= 0.3 is 5.69 Å². The van der Waals surface area contributed by atoms with Gasteiger partial charge in [0.15, 0.2) is 5.65 Å². The minimum atomic E-state index is -3.74. The number of aliphatic hydroxyl groups is 1. The van der Waals surface area contributed by atoms with Crippen LogP contribution in [0.2, 0.25) is 0 Å². The molecule has 2 aromatic heterocycles. The molecule has 0 amide bonds. The fourth-order valence-electron chi connectivity index (χ4n) is 5.19. The van der Waals surface area contributed by atoms with Gasteiger partial charge in [0.2, 0.25) is 10.0 Å². The average molecular weight is 502 g/mol. The topological polar surface area (TPSA) is 130 Å². The van der Waals surface area contributed by atoms with Gasteiger partial charge in [0, 0.05) is 25.1 Å². The molecule has 0 spiro atoms. The first kappa shape index (κ1) is 24.0. The smallest absolute Gasteiger partial charge is 0.334 e. The molecule has 10 nitrogen and oxygen atoms in total. The molecule has 2 N–H and O–H groups in total. The first-order chi connectivity index (χ1) is 16.8. The first-order valence-electron chi connectivity index (χ1n) is 12.2. The summed E-state index contributed by atoms with van der Waals surface area (Å²) in [4.78, 5) is 25.5. The number of methoxy groups -OCH3 is 1. The molecule has 5 rings (SSSR count). The van der Waals surface area contributed by atoms with Gasteiger partial charge in [0.25, 0.3) is 0 Å². The highest BCUT2D eigenvalue weighted by molar-refractivity contribution is 7.89. The summed E-state index contributed by atoms with van der Waals surface area (Å²) in [5.41, 5.74) is 1.34. The summed E-state index contributed by atoms with van der Waals surface area (Å²) in [5.74, 6) is 1.59. The second-order valence-corrected chi connectivity index (χ2v) is 11.4. The van der Waals surface area contributed by atoms with Crippen LogP contribution < -0.4 is 10.4 Å². The van der Waals surface area contributed by atoms with E-state index in [1.54, 1.807) is 10.5 Å². The summed E-state index contributed by atoms with van der Waals surface area (Å²) in [5, 5.41) is 9.72. The first-order valence-corrected chi connectivity index (χ1v) is 13.6. The fourth-order valence-corrected chi connectivity index (χ4v) is 6.67. The van der Waals surface area contributed by atoms with E-state index in [1.165, 1.54) is 30.0 Å². The number of aromatic amines is 1. The zero-order valence-corrected chi connectivity index (χ0v) is 20.8. The third kappa shape index (κ3) is 4.36. The SMILES string of the molecule is COc1cc(S(=O)(=O)N2CCC(O)CC2)ccc1-c1nc2c(C)nc(C3CCCCC3)n2c(=O)[nH]1. The van der Waals surface area contributed by atoms with E-state index in [4.69, 9.17) is 14.7 Å². The van der Waals surface area contributed by atoms with Crippen LogP contribution in [0.15, 0.2) is 27.9 Å². The molecular formula is C24H31N5O5S. The number of benzene rings is 1. The second kappa shape index (κ2) is 9.36. The quantitative estimate of drug-likeness (QED) is 0.550. The largest absolute Gasteiger partial charge is 0.496 e. The van der Waals surface area contributed by atoms with E-state index < -0.39 is 16.1 Å². The third-order valence-corrected chi connectivity index (χ3v) is 9.05. The second-order valence-electron chi connectivity index (χ2n) is 9.44. The van der Waals surface area contributed by atoms with Gasteiger partial charge in [-0.25, -0.2) is 27.6 Å². The summed E-state index contributed by atoms with van der Waals surface area (Å²) < 4.78 is 34.7. The molecule has 0 radical (unpaired) electrons. The summed E-state index contributed by atoms with van der Waals surface area (Å²) in [6.45, 7) is 2.38. The van der Waals surface area contributed by atoms with E-state index >= 15 is 0 Å². The van der Waals surface area contributed by atoms with Crippen LogP contribution in [0, 0.1) is 6.92 Å². The van der Waals surface area contributed by atoms with Crippen LogP contribution >= 0.6 is 0 Å². The van der Waals surface area contributed by atoms with Gasteiger partial charge in [0.1, 0.15) is 17.4 Å². The summed E-state index contributed by atoms with van der Waals surface area (Å²) in [6, 6.07) is 4.56. The van der Waals surface area contributed by atoms with E-state index in [0.717, 1.165) is 31.5 Å². The van der Waals surface area contributed by atoms with Gasteiger partial charge in [-0.15, -0.1) is 0 Å². The molecule has 2 fully saturated rings. The Balaban J connectivity index is 1.53. The predicted octanol–water partition coefficient (Wildman–Crippen LogP) is 2.59. The summed E-state index contributed by atoms with van der Waals surface area (Å²) in [6.07, 6.45) is 5.85. The van der Waals surface area contributed by atoms with Crippen molar-refractivity contribution >= 4 is 15.7 Å². The number of hydrogen-bond donors (Lipinski definition) is 2. The highest BCUT2D eigenvalue weighted by atomic mass is 32.2. The van der Waals surface area contributed by atoms with Crippen molar-refractivity contribution in [1.82, 2.24) is 23.7 Å². The number of piperidine rings is 1. The number of aryl methyl sites for hydroxylation is 1. The van der Waals surface area contributed by atoms with Gasteiger partial charge in [-0.3, -0.25) is 4.98 Å². The molecule has 1 aliphatic carbocycles. The van der Waals surface area contributed by atoms with Crippen molar-refractivity contribution in [2.24, 2.45) is 0 Å². The summed E-state index contributed by atoms with van der Waals surface area (Å²) in [7, 11) is -2.29. The minimum Gasteiger partial charge on any atom is -0.496 e. The molecule has 3 aromatic rings. The van der Waals surface area contributed by atoms with Crippen LogP contribution in [0.1, 0.15) is 62.4 Å². The van der Waals surface area contributed by atoms with Crippen LogP contribution in [-0.2, 0) is 10.0 Å². The van der Waals surface area contributed by atoms with Gasteiger partial charge < -0.3 is 9.84 Å². The van der Waals surface area contributed by atoms with E-state index in [2.05, 4.69) is 4.98 Å². The normalized spacial score (nSPS) is 18.8. The van der Waals surface area contributed by atoms with Crippen molar-refractivity contribution in [3.05, 3.63) is 40.2 Å². The molecule has 0 bridgehead atoms. The number of fused-ring (bicyclic) bond motifs is 1. The van der Waals surface area contributed by atoms with Gasteiger partial charge in [-0.2, -0.15) is 4.31 Å². The molecule has 1 aliphatic heterocycles. The molecule has 0 unspecified atom stereocenters. The van der Waals surface area contributed by atoms with Crippen LogP contribution in [0.5, 0.6) is 5.75 Å². The molecule has 188 valence electrons. The lowest BCUT2D eigenvalue weighted by atomic mass is 9.89. The lowest BCUT2D eigenvalue weighted by Crippen LogP contribution is -2.39. The van der Waals surface area contributed by atoms with Crippen molar-refractivity contribution in [3.8, 4) is 17.1 Å². The Bertz CT molecular complexity index is 1400. The van der Waals surface area contributed by atoms with E-state index in [1.807, 2.05) is 6.92 Å². The fraction of sp³-hybridized carbons (Fsp3) is 0.542. The molecule has 1 saturated carbocycles. The number of nitrogens with one attached hydrogen (secondary N) is 1. The number of hydrogen-bond acceptors (Lipinski definition) is 7. The maximum Gasteiger partial charge on any atom is 0.334 e. The Kier molecular flexibility index (Phi) is 6.41. The molecule has 2 aliphatic rings. The molecule has 35 heavy (non-hydrogen) atoms. The van der Waals surface area contributed by atoms with Crippen LogP contribution in [0.25, 0.3) is 17.0 Å². The van der Waals surface area contributed by atoms with Crippen molar-refractivity contribution in [1.29, 1.82) is 0 Å². The number of imidazole rings is 1. The number of ether oxygens (including phenoxy) is 1. The molecular weight excluding hydrogens is 470 g/mol. The van der Waals surface area contributed by atoms with E-state index in [0.29, 0.717) is 41.3 Å². The molecule has 0 atom stereocenters. The lowest BCUT2D eigenvalue weighted by molar-refractivity contribution is 0.113. The number of aromatic nitrogens is 4. The van der Waals surface area contributed by atoms with Crippen LogP contribution in [0.3, 0.4) is 0 Å². The standard InChI is InChI=1S/C24H31N5O5S/c1-15-22-26-21(27-24(31)29(22)23(25-15)16-6-4-3-5-7-16)19-9-8-18(14-20(19)34-2)35(32,33)28-12-10-17(30)11-13-28/h8-9,14,16-17,30H,3-7,10-13H2,1-2H3,(H,26,27,31). The zero-order valence-electron chi connectivity index (χ0n) is 20.0. The third-order valence-electron chi connectivity index (χ3n) is 7.15. The maximum absolute atomic E-state index is 13.2. The maximum atomic E-state index is 13.2. The van der Waals surface area contributed by atoms with Crippen LogP contribution in [-0.4, -0.2) is 63.5 Å². The number of H-pyrrole nitrogens is 1. The molecule has 3 heterocycles. The van der Waals surface area contributed by atoms with Crippen molar-refractivity contribution in [2.75, 3.05) is 20.2 Å². The average Bonchev–Trinajstić information content (AvgIpc) is 3.21. The number of nitrogens with zero attached hydrogens (tertiary/aromatic N) is 4. The zero-order chi connectivity index (χ0) is 24.7. The predicted molar refractivity (Wildman–Crippen MR) is 130 cm³/mol. The van der Waals surface area contributed by atoms with Crippen molar-refractivity contribution < 1.29 is 18.3 Å². The van der Waals surface area contributed by atoms with Crippen LogP contribution in [0.4, 0.5) is 0 Å². The molecule has 11 heteroatoms. The highest BCUT2D eigenvalue weighted by Crippen LogP contribution is 2.34. The number of aliphatic hydroxyl groups excluding tert-OH is 1. The van der Waals surface area contributed by atoms with Gasteiger partial charge in [-0.1, -0.05) is 19.3 Å². The highest BCUT2D eigenvalue weighted by Gasteiger charge is 2.30. The minimum absolute atomic E-state index is 0.0954. The van der Waals surface area contributed by atoms with Crippen molar-refractivity contribution in [3.63, 3.8) is 0 Å². The Labute approximate surface area is 204 Å². The molecule has 1 saturated heterocycles. The van der Waals surface area contributed by atoms with E-state index in [9.17, 15) is 18.3 Å². The van der Waals surface area contributed by atoms with Gasteiger partial charge in [0.05, 0.1) is 29.4 Å². The Morgan fingerprint density at radius 3 is 2.49 bits per heavy atom. The van der Waals surface area contributed by atoms with Crippen molar-refractivity contribution in [2.45, 2.75) is 68.8 Å². The summed E-state index contributed by atoms with van der Waals surface area (Å²) >= 11 is 0. The number of sulfonamides is 1. The molecule has 1 aromatic carbocycles. The van der Waals surface area contributed by atoms with Gasteiger partial charge in [-0.05, 0) is 44.7 Å². The Hall–Kier alpha value is -2.76. The lowest BCUT2D eigenvalue weighted by Gasteiger charge is -2.28. The Morgan fingerprint density at radius 1 is 1.09 bits per heavy atom.